The largest absolute Gasteiger partial charge is 0.481 e. The number of Topliss-reactive ketones (excluding diaryl/α,β-unsaturated/α-hetero) is 2. The van der Waals surface area contributed by atoms with Crippen LogP contribution in [0.25, 0.3) is 0 Å². The number of anilines is 1. The van der Waals surface area contributed by atoms with E-state index in [1.807, 2.05) is 38.9 Å². The first kappa shape index (κ1) is 97.2. The number of rotatable bonds is 23. The van der Waals surface area contributed by atoms with Crippen LogP contribution in [0.15, 0.2) is 109 Å². The van der Waals surface area contributed by atoms with Gasteiger partial charge in [-0.05, 0) is 97.4 Å². The number of nitrogens with zero attached hydrogens (tertiary/aromatic N) is 2. The number of amides is 2. The number of ketones is 2. The molecule has 4 rings (SSSR count). The maximum Gasteiger partial charge on any atom is 0.321 e. The quantitative estimate of drug-likeness (QED) is 0.0498. The Hall–Kier alpha value is -7.85. The van der Waals surface area contributed by atoms with E-state index in [2.05, 4.69) is 16.0 Å². The number of likely N-dealkylation sites (N-methyl/N-ethyl adjacent to an activating group) is 2. The molecule has 14 unspecified atom stereocenters. The summed E-state index contributed by atoms with van der Waals surface area (Å²) < 4.78 is 24.6. The molecule has 3 aliphatic heterocycles. The molecule has 109 heavy (non-hydrogen) atoms. The number of cyclic esters (lactones) is 1. The highest BCUT2D eigenvalue weighted by Crippen LogP contribution is 2.39. The van der Waals surface area contributed by atoms with Gasteiger partial charge < -0.3 is 128 Å². The van der Waals surface area contributed by atoms with Gasteiger partial charge in [0.25, 0.3) is 0 Å². The van der Waals surface area contributed by atoms with Gasteiger partial charge in [0.1, 0.15) is 36.2 Å². The van der Waals surface area contributed by atoms with Gasteiger partial charge >= 0.3 is 29.8 Å². The second-order valence-electron chi connectivity index (χ2n) is 28.0. The molecule has 0 spiro atoms. The lowest BCUT2D eigenvalue weighted by molar-refractivity contribution is -0.307. The number of carbonyl (C=O) groups excluding carboxylic acids is 5. The van der Waals surface area contributed by atoms with E-state index < -0.39 is 227 Å². The van der Waals surface area contributed by atoms with Crippen molar-refractivity contribution >= 4 is 58.9 Å². The number of aliphatic hydroxyl groups excluding tert-OH is 9. The lowest BCUT2D eigenvalue weighted by Crippen LogP contribution is -2.64. The minimum absolute atomic E-state index is 0.0513. The number of carboxylic acid groups (broad SMARTS) is 4. The molecule has 2 saturated heterocycles. The third-order valence-corrected chi connectivity index (χ3v) is 17.4. The van der Waals surface area contributed by atoms with Crippen LogP contribution in [-0.4, -0.2) is 299 Å². The van der Waals surface area contributed by atoms with Crippen molar-refractivity contribution in [1.82, 2.24) is 20.4 Å². The maximum atomic E-state index is 14.0. The lowest BCUT2D eigenvalue weighted by Gasteiger charge is -2.46. The lowest BCUT2D eigenvalue weighted by atomic mass is 9.82. The average molecular weight is 1550 g/mol. The van der Waals surface area contributed by atoms with Crippen LogP contribution in [-0.2, 0) is 57.3 Å². The summed E-state index contributed by atoms with van der Waals surface area (Å²) >= 11 is 0. The predicted molar refractivity (Wildman–Crippen MR) is 397 cm³/mol. The van der Waals surface area contributed by atoms with E-state index in [-0.39, 0.29) is 50.0 Å². The van der Waals surface area contributed by atoms with Crippen molar-refractivity contribution in [3.8, 4) is 0 Å². The zero-order chi connectivity index (χ0) is 82.3. The fourth-order valence-corrected chi connectivity index (χ4v) is 11.8. The highest BCUT2D eigenvalue weighted by Gasteiger charge is 2.51. The number of nitrogens with two attached hydrogens (primary N) is 2. The number of fused-ring (bicyclic) bond motifs is 2. The Morgan fingerprint density at radius 3 is 1.66 bits per heavy atom. The first-order chi connectivity index (χ1) is 51.1. The van der Waals surface area contributed by atoms with E-state index in [1.165, 1.54) is 6.92 Å². The Bertz CT molecular complexity index is 3170. The molecule has 3 heterocycles. The van der Waals surface area contributed by atoms with E-state index in [9.17, 15) is 94.2 Å². The topological polar surface area (TPSA) is 568 Å². The molecule has 0 aliphatic carbocycles. The fourth-order valence-electron chi connectivity index (χ4n) is 11.8. The van der Waals surface area contributed by atoms with E-state index in [0.29, 0.717) is 18.5 Å². The van der Waals surface area contributed by atoms with Gasteiger partial charge in [-0.1, -0.05) is 98.9 Å². The van der Waals surface area contributed by atoms with Crippen molar-refractivity contribution in [2.45, 2.75) is 220 Å². The van der Waals surface area contributed by atoms with Crippen LogP contribution < -0.4 is 27.4 Å². The van der Waals surface area contributed by atoms with Gasteiger partial charge in [-0.25, -0.2) is 0 Å². The molecule has 34 nitrogen and oxygen atoms in total. The molecule has 34 heteroatoms. The van der Waals surface area contributed by atoms with Crippen LogP contribution in [0, 0.1) is 17.8 Å². The van der Waals surface area contributed by atoms with Crippen molar-refractivity contribution in [3.63, 3.8) is 0 Å². The molecule has 0 saturated carbocycles. The first-order valence-corrected chi connectivity index (χ1v) is 35.9. The van der Waals surface area contributed by atoms with E-state index in [0.717, 1.165) is 5.69 Å². The first-order valence-electron chi connectivity index (χ1n) is 35.9. The van der Waals surface area contributed by atoms with Crippen LogP contribution in [0.2, 0.25) is 0 Å². The van der Waals surface area contributed by atoms with Crippen molar-refractivity contribution in [3.05, 3.63) is 115 Å². The SMILES string of the molecule is CNc1ccc(C(=O)CC(O)CCC(C)C2OC(=O)CC(O)CC(=O)CC(O)CC(O)CC(O)CC(O)CC3(O)CC(O)C(C(=O)NCCN(C)C)C(CC(O[C@@H]4O[C@H](C)[C@@H](O)[C@H](NC(=O)CN(C)C)[C@@H]4O)/C=C/C=C/C=C/C=C/C=C/C=C/C=C\C2C)O3)cc1.N[C@@H](CC(=O)O)C(=O)O.N[C@@H](CC(=O)O)C(=O)O. The van der Waals surface area contributed by atoms with Gasteiger partial charge in [0.15, 0.2) is 17.9 Å². The number of benzene rings is 1. The van der Waals surface area contributed by atoms with Crippen LogP contribution in [0.5, 0.6) is 0 Å². The zero-order valence-corrected chi connectivity index (χ0v) is 63.1. The third kappa shape index (κ3) is 40.1. The van der Waals surface area contributed by atoms with Crippen molar-refractivity contribution < 1.29 is 134 Å². The Kier molecular flexibility index (Phi) is 45.4. The zero-order valence-electron chi connectivity index (χ0n) is 63.1. The van der Waals surface area contributed by atoms with E-state index >= 15 is 0 Å². The van der Waals surface area contributed by atoms with Gasteiger partial charge in [0, 0.05) is 75.8 Å². The predicted octanol–water partition coefficient (Wildman–Crippen LogP) is -0.196. The van der Waals surface area contributed by atoms with E-state index in [4.69, 9.17) is 50.8 Å². The second kappa shape index (κ2) is 50.8. The smallest absolute Gasteiger partial charge is 0.321 e. The Balaban J connectivity index is 0.00000197. The molecule has 3 aliphatic rings. The Labute approximate surface area is 635 Å². The van der Waals surface area contributed by atoms with Crippen LogP contribution in [0.3, 0.4) is 0 Å². The number of aliphatic hydroxyl groups is 10. The monoisotopic (exact) mass is 1550 g/mol. The minimum atomic E-state index is -2.32. The molecule has 0 radical (unpaired) electrons. The minimum Gasteiger partial charge on any atom is -0.481 e. The summed E-state index contributed by atoms with van der Waals surface area (Å²) in [5, 5.41) is 153. The summed E-state index contributed by atoms with van der Waals surface area (Å²) in [5.74, 6) is -12.1. The number of ether oxygens (including phenoxy) is 4. The standard InChI is InChI=1S/C67H103N5O19.2C4H7NO4/c1-42-21-19-17-15-13-11-9-10-12-14-16-18-20-22-54(89-66-63(85)61(62(84)44(3)88-66)70-58(82)41-72(7)8)38-57-60(65(86)69-29-30-71(5)6)56(81)40-67(87,91-57)39-53(79)35-51(77)33-49(75)31-48(74)32-50(76)34-52(78)37-59(83)90-64(42)43(2)23-28-47(73)36-55(80)45-24-26-46(68-4)27-25-45;2*5-2(4(8)9)1-3(6)7/h9-22,24-27,42-44,47-49,51-54,56-57,60-64,66,68,73-75,77-79,81,84-85,87H,23,28-41H2,1-8H3,(H,69,86)(H,70,82);2*2H,1,5H2,(H,6,7)(H,8,9)/b10-9+,13-11+,14-12+,17-15+,18-16+,21-19-,22-20+;;/t42?,43?,44-,47?,48?,49?,51?,52?,53?,54?,56?,57?,60?,61+,62-,63+,64?,66+,67?;2*2-/m100/s1. The number of carbonyl (C=O) groups is 9. The fraction of sp³-hybridized carbons (Fsp3) is 0.613. The third-order valence-electron chi connectivity index (χ3n) is 17.4. The molecule has 21 N–H and O–H groups in total. The van der Waals surface area contributed by atoms with Gasteiger partial charge in [-0.15, -0.1) is 0 Å². The summed E-state index contributed by atoms with van der Waals surface area (Å²) in [6.45, 7) is 5.81. The Morgan fingerprint density at radius 1 is 0.642 bits per heavy atom. The summed E-state index contributed by atoms with van der Waals surface area (Å²) in [7, 11) is 8.75. The highest BCUT2D eigenvalue weighted by atomic mass is 16.7. The molecular formula is C75H117N7O27. The molecule has 21 atom stereocenters. The molecule has 0 aromatic heterocycles. The van der Waals surface area contributed by atoms with Crippen molar-refractivity contribution in [2.75, 3.05) is 60.2 Å². The molecular weight excluding hydrogens is 1430 g/mol. The van der Waals surface area contributed by atoms with E-state index in [1.54, 1.807) is 129 Å². The molecule has 1 aromatic carbocycles. The number of allylic oxidation sites excluding steroid dienone is 12. The van der Waals surface area contributed by atoms with Gasteiger partial charge in [0.2, 0.25) is 11.8 Å². The summed E-state index contributed by atoms with van der Waals surface area (Å²) in [5.41, 5.74) is 11.0. The second-order valence-corrected chi connectivity index (χ2v) is 28.0. The summed E-state index contributed by atoms with van der Waals surface area (Å²) in [6.07, 6.45) is 1.12. The van der Waals surface area contributed by atoms with Crippen molar-refractivity contribution in [2.24, 2.45) is 29.2 Å². The molecule has 614 valence electrons. The number of hydrogen-bond acceptors (Lipinski definition) is 28. The van der Waals surface area contributed by atoms with Crippen molar-refractivity contribution in [1.29, 1.82) is 0 Å². The normalized spacial score (nSPS) is 31.2. The van der Waals surface area contributed by atoms with Gasteiger partial charge in [0.05, 0.1) is 98.8 Å². The number of esters is 1. The van der Waals surface area contributed by atoms with Gasteiger partial charge in [-0.2, -0.15) is 0 Å². The number of hydrogen-bond donors (Lipinski definition) is 19. The number of carboxylic acids is 4. The molecule has 1 aromatic rings. The highest BCUT2D eigenvalue weighted by molar-refractivity contribution is 5.96. The number of aliphatic carboxylic acids is 4. The molecule has 2 amide bonds. The van der Waals surface area contributed by atoms with Crippen LogP contribution in [0.1, 0.15) is 121 Å². The summed E-state index contributed by atoms with van der Waals surface area (Å²) in [4.78, 5) is 109. The summed E-state index contributed by atoms with van der Waals surface area (Å²) in [6, 6.07) is 3.10. The van der Waals surface area contributed by atoms with Crippen LogP contribution in [0.4, 0.5) is 5.69 Å². The molecule has 2 bridgehead atoms. The number of nitrogens with one attached hydrogen (secondary N) is 3. The van der Waals surface area contributed by atoms with Gasteiger partial charge in [-0.3, -0.25) is 43.2 Å². The molecule has 2 fully saturated rings. The maximum absolute atomic E-state index is 14.0. The average Bonchev–Trinajstić information content (AvgIpc) is 0.784. The van der Waals surface area contributed by atoms with Crippen LogP contribution >= 0.6 is 0 Å². The Morgan fingerprint density at radius 2 is 1.16 bits per heavy atom.